The topological polar surface area (TPSA) is 82.0 Å². The van der Waals surface area contributed by atoms with Crippen molar-refractivity contribution < 1.29 is 9.59 Å². The van der Waals surface area contributed by atoms with E-state index >= 15 is 0 Å². The molecule has 0 radical (unpaired) electrons. The first kappa shape index (κ1) is 19.3. The number of fused-ring (bicyclic) bond motifs is 2. The van der Waals surface area contributed by atoms with Gasteiger partial charge in [0, 0.05) is 34.7 Å². The molecule has 2 aromatic rings. The molecule has 0 aliphatic carbocycles. The fourth-order valence-electron chi connectivity index (χ4n) is 2.75. The molecule has 1 heterocycles. The smallest absolute Gasteiger partial charge is 0.262 e. The summed E-state index contributed by atoms with van der Waals surface area (Å²) < 4.78 is 0. The minimum atomic E-state index is -0.484. The summed E-state index contributed by atoms with van der Waals surface area (Å²) in [5.74, 6) is -0.755. The fraction of sp³-hybridized carbons (Fsp3) is 0.136. The van der Waals surface area contributed by atoms with Crippen LogP contribution in [0.1, 0.15) is 18.1 Å². The normalized spacial score (nSPS) is 13.1. The van der Waals surface area contributed by atoms with Gasteiger partial charge in [0.25, 0.3) is 5.91 Å². The van der Waals surface area contributed by atoms with Gasteiger partial charge in [0.05, 0.1) is 4.90 Å². The van der Waals surface area contributed by atoms with Gasteiger partial charge >= 0.3 is 0 Å². The van der Waals surface area contributed by atoms with Crippen LogP contribution in [0, 0.1) is 23.5 Å². The van der Waals surface area contributed by atoms with E-state index in [-0.39, 0.29) is 24.6 Å². The highest BCUT2D eigenvalue weighted by Crippen LogP contribution is 2.45. The quantitative estimate of drug-likeness (QED) is 0.401. The van der Waals surface area contributed by atoms with Crippen molar-refractivity contribution in [1.82, 2.24) is 10.6 Å². The first-order chi connectivity index (χ1) is 13.5. The van der Waals surface area contributed by atoms with E-state index < -0.39 is 5.91 Å². The molecule has 6 heteroatoms. The Morgan fingerprint density at radius 1 is 1.14 bits per heavy atom. The Hall–Kier alpha value is -3.48. The number of carbonyl (C=O) groups excluding carboxylic acids is 2. The van der Waals surface area contributed by atoms with Gasteiger partial charge < -0.3 is 10.6 Å². The summed E-state index contributed by atoms with van der Waals surface area (Å²) in [6.07, 6.45) is 0. The maximum Gasteiger partial charge on any atom is 0.262 e. The van der Waals surface area contributed by atoms with Gasteiger partial charge in [0.1, 0.15) is 11.6 Å². The minimum Gasteiger partial charge on any atom is -0.351 e. The lowest BCUT2D eigenvalue weighted by molar-refractivity contribution is -0.119. The van der Waals surface area contributed by atoms with E-state index in [9.17, 15) is 14.9 Å². The molecule has 28 heavy (non-hydrogen) atoms. The largest absolute Gasteiger partial charge is 0.351 e. The van der Waals surface area contributed by atoms with Crippen LogP contribution in [0.25, 0.3) is 5.57 Å². The highest BCUT2D eigenvalue weighted by Gasteiger charge is 2.26. The summed E-state index contributed by atoms with van der Waals surface area (Å²) in [5, 5.41) is 15.1. The van der Waals surface area contributed by atoms with Crippen LogP contribution in [0.15, 0.2) is 63.9 Å². The van der Waals surface area contributed by atoms with Crippen molar-refractivity contribution >= 4 is 29.1 Å². The van der Waals surface area contributed by atoms with Crippen molar-refractivity contribution in [3.8, 4) is 6.07 Å². The molecule has 1 aliphatic rings. The molecular formula is C22H17N3O2S. The van der Waals surface area contributed by atoms with Crippen molar-refractivity contribution in [2.24, 2.45) is 0 Å². The summed E-state index contributed by atoms with van der Waals surface area (Å²) in [7, 11) is 0. The molecule has 138 valence electrons. The summed E-state index contributed by atoms with van der Waals surface area (Å²) in [6.45, 7) is 5.61. The van der Waals surface area contributed by atoms with Crippen molar-refractivity contribution in [1.29, 1.82) is 5.26 Å². The average molecular weight is 387 g/mol. The summed E-state index contributed by atoms with van der Waals surface area (Å²) in [6, 6.07) is 19.2. The number of rotatable bonds is 5. The van der Waals surface area contributed by atoms with Gasteiger partial charge in [0.2, 0.25) is 5.91 Å². The van der Waals surface area contributed by atoms with Crippen LogP contribution < -0.4 is 10.6 Å². The Balaban J connectivity index is 1.90. The molecule has 0 fully saturated rings. The number of nitriles is 1. The highest BCUT2D eigenvalue weighted by molar-refractivity contribution is 7.99. The Morgan fingerprint density at radius 3 is 2.57 bits per heavy atom. The fourth-order valence-corrected chi connectivity index (χ4v) is 3.79. The monoisotopic (exact) mass is 387 g/mol. The van der Waals surface area contributed by atoms with Gasteiger partial charge in [-0.05, 0) is 30.7 Å². The standard InChI is InChI=1S/C22H17N3O2S/c1-14(2)21(26)24-11-12-25-22(27)17(13-23)20-15-7-3-5-9-18(15)28-19-10-6-4-8-16(19)20/h3-5,7-9H,1,11-12H2,2H3,(H,24,26)(H,25,27)/b20-17-. The first-order valence-corrected chi connectivity index (χ1v) is 9.41. The number of nitrogens with zero attached hydrogens (tertiary/aromatic N) is 1. The molecule has 0 unspecified atom stereocenters. The van der Waals surface area contributed by atoms with Crippen LogP contribution >= 0.6 is 11.8 Å². The predicted octanol–water partition coefficient (Wildman–Crippen LogP) is 2.89. The molecule has 0 aromatic heterocycles. The van der Waals surface area contributed by atoms with Gasteiger partial charge in [-0.3, -0.25) is 9.59 Å². The zero-order valence-electron chi connectivity index (χ0n) is 15.3. The number of benzene rings is 1. The predicted molar refractivity (Wildman–Crippen MR) is 107 cm³/mol. The van der Waals surface area contributed by atoms with Crippen LogP contribution in [0.2, 0.25) is 0 Å². The molecular weight excluding hydrogens is 370 g/mol. The van der Waals surface area contributed by atoms with Crippen LogP contribution in [0.3, 0.4) is 0 Å². The van der Waals surface area contributed by atoms with E-state index in [2.05, 4.69) is 35.4 Å². The molecule has 2 N–H and O–H groups in total. The van der Waals surface area contributed by atoms with Gasteiger partial charge in [-0.15, -0.1) is 0 Å². The lowest BCUT2D eigenvalue weighted by Gasteiger charge is -2.21. The Kier molecular flexibility index (Phi) is 5.84. The van der Waals surface area contributed by atoms with Crippen molar-refractivity contribution in [2.45, 2.75) is 16.7 Å². The van der Waals surface area contributed by atoms with E-state index in [0.717, 1.165) is 20.9 Å². The van der Waals surface area contributed by atoms with E-state index in [4.69, 9.17) is 0 Å². The molecule has 1 aliphatic heterocycles. The number of nitrogens with one attached hydrogen (secondary N) is 2. The summed E-state index contributed by atoms with van der Waals surface area (Å²) >= 11 is 1.54. The van der Waals surface area contributed by atoms with Crippen molar-refractivity contribution in [3.05, 3.63) is 77.4 Å². The van der Waals surface area contributed by atoms with Gasteiger partial charge in [-0.2, -0.15) is 5.26 Å². The Bertz CT molecular complexity index is 987. The van der Waals surface area contributed by atoms with E-state index in [1.165, 1.54) is 11.8 Å². The van der Waals surface area contributed by atoms with Crippen LogP contribution in [-0.4, -0.2) is 24.9 Å². The lowest BCUT2D eigenvalue weighted by atomic mass is 9.92. The first-order valence-electron chi connectivity index (χ1n) is 8.59. The third kappa shape index (κ3) is 3.93. The van der Waals surface area contributed by atoms with Crippen LogP contribution in [-0.2, 0) is 9.59 Å². The summed E-state index contributed by atoms with van der Waals surface area (Å²) in [4.78, 5) is 26.0. The zero-order valence-corrected chi connectivity index (χ0v) is 16.1. The molecule has 5 nitrogen and oxygen atoms in total. The number of hydrogen-bond acceptors (Lipinski definition) is 4. The second-order valence-corrected chi connectivity index (χ2v) is 7.15. The average Bonchev–Trinajstić information content (AvgIpc) is 2.70. The number of carbonyl (C=O) groups is 2. The van der Waals surface area contributed by atoms with Gasteiger partial charge in [-0.1, -0.05) is 48.7 Å². The molecule has 2 aromatic carbocycles. The molecule has 0 saturated heterocycles. The molecule has 0 bridgehead atoms. The molecule has 0 saturated carbocycles. The second kappa shape index (κ2) is 8.47. The van der Waals surface area contributed by atoms with Crippen molar-refractivity contribution in [2.75, 3.05) is 13.1 Å². The third-order valence-corrected chi connectivity index (χ3v) is 5.18. The summed E-state index contributed by atoms with van der Waals surface area (Å²) in [5.41, 5.74) is 2.62. The lowest BCUT2D eigenvalue weighted by Crippen LogP contribution is -2.35. The van der Waals surface area contributed by atoms with Crippen molar-refractivity contribution in [3.63, 3.8) is 0 Å². The molecule has 0 atom stereocenters. The van der Waals surface area contributed by atoms with E-state index in [0.29, 0.717) is 11.1 Å². The second-order valence-electron chi connectivity index (χ2n) is 6.10. The number of hydrogen-bond donors (Lipinski definition) is 2. The van der Waals surface area contributed by atoms with Crippen LogP contribution in [0.5, 0.6) is 0 Å². The van der Waals surface area contributed by atoms with E-state index in [1.807, 2.05) is 30.3 Å². The van der Waals surface area contributed by atoms with E-state index in [1.54, 1.807) is 13.0 Å². The number of amides is 2. The Morgan fingerprint density at radius 2 is 1.86 bits per heavy atom. The highest BCUT2D eigenvalue weighted by atomic mass is 32.2. The van der Waals surface area contributed by atoms with Gasteiger partial charge in [0.15, 0.2) is 0 Å². The van der Waals surface area contributed by atoms with Crippen LogP contribution in [0.4, 0.5) is 0 Å². The third-order valence-electron chi connectivity index (χ3n) is 4.07. The molecule has 2 amide bonds. The molecule has 3 rings (SSSR count). The zero-order chi connectivity index (χ0) is 20.1. The maximum absolute atomic E-state index is 12.7. The molecule has 0 spiro atoms. The SMILES string of the molecule is C=C(C)C(=O)NCCNC(=O)/C(C#N)=C1\c2ccc#cc2Sc2ccccc21. The van der Waals surface area contributed by atoms with Gasteiger partial charge in [-0.25, -0.2) is 0 Å². The minimum absolute atomic E-state index is 0.0276. The Labute approximate surface area is 168 Å². The maximum atomic E-state index is 12.7.